The van der Waals surface area contributed by atoms with Crippen molar-refractivity contribution in [3.05, 3.63) is 47.9 Å². The van der Waals surface area contributed by atoms with Crippen molar-refractivity contribution in [2.75, 3.05) is 18.0 Å². The number of carboxylic acids is 1. The van der Waals surface area contributed by atoms with Crippen LogP contribution in [0.25, 0.3) is 0 Å². The van der Waals surface area contributed by atoms with Crippen LogP contribution >= 0.6 is 0 Å². The summed E-state index contributed by atoms with van der Waals surface area (Å²) >= 11 is 0. The minimum Gasteiger partial charge on any atom is -0.490 e. The maximum absolute atomic E-state index is 11.0. The summed E-state index contributed by atoms with van der Waals surface area (Å²) in [6.45, 7) is 3.58. The SMILES string of the molecule is Cc1cnccc1OC1CCN(c2cccc(C(=O)O)n2)CC1. The van der Waals surface area contributed by atoms with Crippen molar-refractivity contribution in [1.29, 1.82) is 0 Å². The van der Waals surface area contributed by atoms with Gasteiger partial charge in [-0.3, -0.25) is 4.98 Å². The van der Waals surface area contributed by atoms with Crippen molar-refractivity contribution in [1.82, 2.24) is 9.97 Å². The van der Waals surface area contributed by atoms with Gasteiger partial charge in [0.2, 0.25) is 0 Å². The van der Waals surface area contributed by atoms with Crippen LogP contribution in [-0.4, -0.2) is 40.2 Å². The Hall–Kier alpha value is -2.63. The minimum atomic E-state index is -1.00. The molecule has 0 saturated carbocycles. The van der Waals surface area contributed by atoms with E-state index in [0.29, 0.717) is 5.82 Å². The molecule has 6 nitrogen and oxygen atoms in total. The van der Waals surface area contributed by atoms with Crippen LogP contribution in [-0.2, 0) is 0 Å². The van der Waals surface area contributed by atoms with Crippen molar-refractivity contribution >= 4 is 11.8 Å². The Bertz CT molecular complexity index is 697. The van der Waals surface area contributed by atoms with Crippen molar-refractivity contribution in [3.63, 3.8) is 0 Å². The Morgan fingerprint density at radius 2 is 2.09 bits per heavy atom. The molecule has 0 bridgehead atoms. The Balaban J connectivity index is 1.61. The van der Waals surface area contributed by atoms with Crippen LogP contribution in [0.2, 0.25) is 0 Å². The minimum absolute atomic E-state index is 0.0771. The maximum atomic E-state index is 11.0. The fourth-order valence-corrected chi connectivity index (χ4v) is 2.69. The molecule has 0 unspecified atom stereocenters. The number of carbonyl (C=O) groups is 1. The molecule has 120 valence electrons. The van der Waals surface area contributed by atoms with Crippen LogP contribution in [0.3, 0.4) is 0 Å². The molecule has 1 fully saturated rings. The Morgan fingerprint density at radius 1 is 1.30 bits per heavy atom. The molecule has 2 aromatic heterocycles. The number of hydrogen-bond donors (Lipinski definition) is 1. The van der Waals surface area contributed by atoms with Gasteiger partial charge in [0.25, 0.3) is 0 Å². The van der Waals surface area contributed by atoms with E-state index in [4.69, 9.17) is 9.84 Å². The average molecular weight is 313 g/mol. The van der Waals surface area contributed by atoms with E-state index in [1.807, 2.05) is 19.1 Å². The van der Waals surface area contributed by atoms with Gasteiger partial charge in [0.05, 0.1) is 0 Å². The van der Waals surface area contributed by atoms with Gasteiger partial charge in [0, 0.05) is 43.9 Å². The number of carboxylic acid groups (broad SMARTS) is 1. The number of anilines is 1. The molecular formula is C17H19N3O3. The lowest BCUT2D eigenvalue weighted by Crippen LogP contribution is -2.38. The predicted octanol–water partition coefficient (Wildman–Crippen LogP) is 2.53. The third kappa shape index (κ3) is 3.59. The molecule has 0 aromatic carbocycles. The molecule has 1 aliphatic heterocycles. The van der Waals surface area contributed by atoms with Gasteiger partial charge in [0.1, 0.15) is 17.7 Å². The van der Waals surface area contributed by atoms with Crippen molar-refractivity contribution in [2.45, 2.75) is 25.9 Å². The summed E-state index contributed by atoms with van der Waals surface area (Å²) in [5.41, 5.74) is 1.11. The first-order chi connectivity index (χ1) is 11.1. The van der Waals surface area contributed by atoms with Gasteiger partial charge in [-0.1, -0.05) is 6.07 Å². The summed E-state index contributed by atoms with van der Waals surface area (Å²) in [5.74, 6) is 0.589. The van der Waals surface area contributed by atoms with Crippen LogP contribution < -0.4 is 9.64 Å². The average Bonchev–Trinajstić information content (AvgIpc) is 2.58. The quantitative estimate of drug-likeness (QED) is 0.935. The largest absolute Gasteiger partial charge is 0.490 e. The molecule has 6 heteroatoms. The third-order valence-electron chi connectivity index (χ3n) is 3.98. The van der Waals surface area contributed by atoms with E-state index in [9.17, 15) is 4.79 Å². The number of pyridine rings is 2. The van der Waals surface area contributed by atoms with Gasteiger partial charge in [-0.15, -0.1) is 0 Å². The molecule has 1 aliphatic rings. The van der Waals surface area contributed by atoms with Crippen LogP contribution in [0.4, 0.5) is 5.82 Å². The van der Waals surface area contributed by atoms with E-state index >= 15 is 0 Å². The number of aryl methyl sites for hydroxylation is 1. The summed E-state index contributed by atoms with van der Waals surface area (Å²) in [6.07, 6.45) is 5.45. The number of nitrogens with zero attached hydrogens (tertiary/aromatic N) is 3. The highest BCUT2D eigenvalue weighted by Crippen LogP contribution is 2.23. The Labute approximate surface area is 134 Å². The van der Waals surface area contributed by atoms with E-state index in [2.05, 4.69) is 14.9 Å². The number of hydrogen-bond acceptors (Lipinski definition) is 5. The molecule has 2 aromatic rings. The van der Waals surface area contributed by atoms with Gasteiger partial charge < -0.3 is 14.7 Å². The zero-order chi connectivity index (χ0) is 16.2. The van der Waals surface area contributed by atoms with Crippen LogP contribution in [0.1, 0.15) is 28.9 Å². The van der Waals surface area contributed by atoms with Gasteiger partial charge >= 0.3 is 5.97 Å². The lowest BCUT2D eigenvalue weighted by Gasteiger charge is -2.33. The second kappa shape index (κ2) is 6.64. The lowest BCUT2D eigenvalue weighted by molar-refractivity contribution is 0.0690. The molecule has 1 saturated heterocycles. The standard InChI is InChI=1S/C17H19N3O3/c1-12-11-18-8-5-15(12)23-13-6-9-20(10-7-13)16-4-2-3-14(19-16)17(21)22/h2-5,8,11,13H,6-7,9-10H2,1H3,(H,21,22). The molecule has 23 heavy (non-hydrogen) atoms. The van der Waals surface area contributed by atoms with Crippen molar-refractivity contribution in [2.24, 2.45) is 0 Å². The lowest BCUT2D eigenvalue weighted by atomic mass is 10.1. The zero-order valence-electron chi connectivity index (χ0n) is 13.0. The molecule has 3 rings (SSSR count). The zero-order valence-corrected chi connectivity index (χ0v) is 13.0. The molecule has 0 spiro atoms. The highest BCUT2D eigenvalue weighted by molar-refractivity contribution is 5.85. The molecule has 3 heterocycles. The first-order valence-corrected chi connectivity index (χ1v) is 7.66. The summed E-state index contributed by atoms with van der Waals surface area (Å²) in [6, 6.07) is 6.98. The second-order valence-corrected chi connectivity index (χ2v) is 5.63. The number of ether oxygens (including phenoxy) is 1. The summed E-state index contributed by atoms with van der Waals surface area (Å²) in [4.78, 5) is 21.4. The molecule has 0 amide bonds. The normalized spacial score (nSPS) is 15.4. The van der Waals surface area contributed by atoms with E-state index in [-0.39, 0.29) is 11.8 Å². The van der Waals surface area contributed by atoms with Gasteiger partial charge in [-0.05, 0) is 25.1 Å². The molecule has 0 aliphatic carbocycles. The van der Waals surface area contributed by atoms with Gasteiger partial charge in [-0.2, -0.15) is 0 Å². The monoisotopic (exact) mass is 313 g/mol. The number of aromatic nitrogens is 2. The molecule has 1 N–H and O–H groups in total. The second-order valence-electron chi connectivity index (χ2n) is 5.63. The van der Waals surface area contributed by atoms with Crippen molar-refractivity contribution in [3.8, 4) is 5.75 Å². The molecular weight excluding hydrogens is 294 g/mol. The van der Waals surface area contributed by atoms with Crippen molar-refractivity contribution < 1.29 is 14.6 Å². The fourth-order valence-electron chi connectivity index (χ4n) is 2.69. The first kappa shape index (κ1) is 15.3. The third-order valence-corrected chi connectivity index (χ3v) is 3.98. The van der Waals surface area contributed by atoms with E-state index in [1.165, 1.54) is 6.07 Å². The van der Waals surface area contributed by atoms with Crippen LogP contribution in [0.5, 0.6) is 5.75 Å². The molecule has 0 radical (unpaired) electrons. The number of rotatable bonds is 4. The summed E-state index contributed by atoms with van der Waals surface area (Å²) < 4.78 is 6.05. The predicted molar refractivity (Wildman–Crippen MR) is 86.0 cm³/mol. The first-order valence-electron chi connectivity index (χ1n) is 7.66. The summed E-state index contributed by atoms with van der Waals surface area (Å²) in [7, 11) is 0. The smallest absolute Gasteiger partial charge is 0.354 e. The van der Waals surface area contributed by atoms with Gasteiger partial charge in [-0.25, -0.2) is 9.78 Å². The Morgan fingerprint density at radius 3 is 2.78 bits per heavy atom. The fraction of sp³-hybridized carbons (Fsp3) is 0.353. The van der Waals surface area contributed by atoms with E-state index < -0.39 is 5.97 Å². The van der Waals surface area contributed by atoms with E-state index in [1.54, 1.807) is 18.5 Å². The van der Waals surface area contributed by atoms with Crippen LogP contribution in [0, 0.1) is 6.92 Å². The maximum Gasteiger partial charge on any atom is 0.354 e. The van der Waals surface area contributed by atoms with Gasteiger partial charge in [0.15, 0.2) is 5.69 Å². The number of aromatic carboxylic acids is 1. The van der Waals surface area contributed by atoms with E-state index in [0.717, 1.165) is 37.2 Å². The molecule has 0 atom stereocenters. The highest BCUT2D eigenvalue weighted by atomic mass is 16.5. The summed E-state index contributed by atoms with van der Waals surface area (Å²) in [5, 5.41) is 9.03. The topological polar surface area (TPSA) is 75.5 Å². The van der Waals surface area contributed by atoms with Crippen LogP contribution in [0.15, 0.2) is 36.7 Å². The Kier molecular flexibility index (Phi) is 4.41. The highest BCUT2D eigenvalue weighted by Gasteiger charge is 2.22. The number of piperidine rings is 1.